The Morgan fingerprint density at radius 2 is 2.36 bits per heavy atom. The monoisotopic (exact) mass is 153 g/mol. The van der Waals surface area contributed by atoms with Gasteiger partial charge in [-0.3, -0.25) is 0 Å². The van der Waals surface area contributed by atoms with Gasteiger partial charge in [0.25, 0.3) is 0 Å². The average molecular weight is 153 g/mol. The van der Waals surface area contributed by atoms with Crippen LogP contribution in [0.3, 0.4) is 0 Å². The smallest absolute Gasteiger partial charge is 0.191 e. The van der Waals surface area contributed by atoms with E-state index in [1.165, 1.54) is 12.8 Å². The van der Waals surface area contributed by atoms with Crippen molar-refractivity contribution in [2.24, 2.45) is 0 Å². The number of piperidine rings is 1. The largest absolute Gasteiger partial charge is 0.307 e. The lowest BCUT2D eigenvalue weighted by atomic mass is 10.1. The second-order valence-corrected chi connectivity index (χ2v) is 2.77. The summed E-state index contributed by atoms with van der Waals surface area (Å²) in [4.78, 5) is 0. The summed E-state index contributed by atoms with van der Waals surface area (Å²) in [6.45, 7) is 1.07. The van der Waals surface area contributed by atoms with Gasteiger partial charge in [-0.1, -0.05) is 11.6 Å². The van der Waals surface area contributed by atoms with Gasteiger partial charge in [-0.15, -0.1) is 10.2 Å². The van der Waals surface area contributed by atoms with Crippen molar-refractivity contribution >= 4 is 0 Å². The number of aromatic nitrogens is 4. The van der Waals surface area contributed by atoms with E-state index in [4.69, 9.17) is 0 Å². The van der Waals surface area contributed by atoms with E-state index in [9.17, 15) is 0 Å². The molecule has 5 heteroatoms. The van der Waals surface area contributed by atoms with E-state index >= 15 is 0 Å². The van der Waals surface area contributed by atoms with Crippen LogP contribution < -0.4 is 5.32 Å². The molecule has 0 bridgehead atoms. The number of hydrogen-bond acceptors (Lipinski definition) is 4. The fourth-order valence-electron chi connectivity index (χ4n) is 1.39. The van der Waals surface area contributed by atoms with Gasteiger partial charge in [0.2, 0.25) is 0 Å². The zero-order valence-electron chi connectivity index (χ0n) is 6.25. The molecule has 1 unspecified atom stereocenters. The van der Waals surface area contributed by atoms with E-state index in [2.05, 4.69) is 25.9 Å². The molecule has 1 aliphatic rings. The lowest BCUT2D eigenvalue weighted by molar-refractivity contribution is 0.397. The summed E-state index contributed by atoms with van der Waals surface area (Å²) >= 11 is 0. The SMILES string of the molecule is C1CCC(c2nn[nH]n2)NC1. The first-order chi connectivity index (χ1) is 5.47. The highest BCUT2D eigenvalue weighted by atomic mass is 15.5. The van der Waals surface area contributed by atoms with Crippen molar-refractivity contribution in [3.63, 3.8) is 0 Å². The van der Waals surface area contributed by atoms with Gasteiger partial charge in [-0.05, 0) is 19.4 Å². The summed E-state index contributed by atoms with van der Waals surface area (Å²) in [7, 11) is 0. The molecule has 0 aliphatic carbocycles. The van der Waals surface area contributed by atoms with Crippen molar-refractivity contribution in [3.05, 3.63) is 5.82 Å². The van der Waals surface area contributed by atoms with Crippen molar-refractivity contribution in [2.45, 2.75) is 25.3 Å². The molecule has 11 heavy (non-hydrogen) atoms. The quantitative estimate of drug-likeness (QED) is 0.596. The number of aromatic amines is 1. The third-order valence-electron chi connectivity index (χ3n) is 1.98. The van der Waals surface area contributed by atoms with Gasteiger partial charge in [0, 0.05) is 0 Å². The average Bonchev–Trinajstić information content (AvgIpc) is 2.58. The molecule has 1 aromatic heterocycles. The van der Waals surface area contributed by atoms with E-state index in [0.29, 0.717) is 6.04 Å². The molecule has 60 valence electrons. The molecule has 1 saturated heterocycles. The van der Waals surface area contributed by atoms with Crippen LogP contribution in [0.25, 0.3) is 0 Å². The molecule has 1 atom stereocenters. The maximum absolute atomic E-state index is 3.93. The van der Waals surface area contributed by atoms with Gasteiger partial charge in [0.05, 0.1) is 6.04 Å². The molecule has 1 fully saturated rings. The fourth-order valence-corrected chi connectivity index (χ4v) is 1.39. The molecule has 5 nitrogen and oxygen atoms in total. The highest BCUT2D eigenvalue weighted by Crippen LogP contribution is 2.18. The van der Waals surface area contributed by atoms with Crippen molar-refractivity contribution < 1.29 is 0 Å². The third-order valence-corrected chi connectivity index (χ3v) is 1.98. The zero-order chi connectivity index (χ0) is 7.52. The number of nitrogens with one attached hydrogen (secondary N) is 2. The minimum absolute atomic E-state index is 0.322. The number of rotatable bonds is 1. The Labute approximate surface area is 64.6 Å². The van der Waals surface area contributed by atoms with Crippen LogP contribution in [-0.4, -0.2) is 27.2 Å². The fraction of sp³-hybridized carbons (Fsp3) is 0.833. The minimum atomic E-state index is 0.322. The second kappa shape index (κ2) is 2.96. The standard InChI is InChI=1S/C6H11N5/c1-2-4-7-5(3-1)6-8-10-11-9-6/h5,7H,1-4H2,(H,8,9,10,11). The van der Waals surface area contributed by atoms with E-state index < -0.39 is 0 Å². The van der Waals surface area contributed by atoms with Gasteiger partial charge in [-0.2, -0.15) is 5.21 Å². The van der Waals surface area contributed by atoms with E-state index in [1.54, 1.807) is 0 Å². The highest BCUT2D eigenvalue weighted by Gasteiger charge is 2.17. The molecular weight excluding hydrogens is 142 g/mol. The molecule has 1 aliphatic heterocycles. The van der Waals surface area contributed by atoms with Crippen LogP contribution in [0.2, 0.25) is 0 Å². The summed E-state index contributed by atoms with van der Waals surface area (Å²) in [5.74, 6) is 0.796. The van der Waals surface area contributed by atoms with Crippen LogP contribution in [0.5, 0.6) is 0 Å². The molecule has 0 amide bonds. The Morgan fingerprint density at radius 3 is 3.00 bits per heavy atom. The van der Waals surface area contributed by atoms with Crippen LogP contribution in [0.1, 0.15) is 31.1 Å². The van der Waals surface area contributed by atoms with Crippen molar-refractivity contribution in [3.8, 4) is 0 Å². The molecule has 0 spiro atoms. The summed E-state index contributed by atoms with van der Waals surface area (Å²) in [5.41, 5.74) is 0. The molecule has 2 heterocycles. The highest BCUT2D eigenvalue weighted by molar-refractivity contribution is 4.90. The maximum atomic E-state index is 3.93. The Bertz CT molecular complexity index is 201. The van der Waals surface area contributed by atoms with Gasteiger partial charge < -0.3 is 5.32 Å². The Morgan fingerprint density at radius 1 is 1.36 bits per heavy atom. The first-order valence-electron chi connectivity index (χ1n) is 3.93. The predicted molar refractivity (Wildman–Crippen MR) is 38.8 cm³/mol. The number of tetrazole rings is 1. The van der Waals surface area contributed by atoms with Crippen molar-refractivity contribution in [1.29, 1.82) is 0 Å². The van der Waals surface area contributed by atoms with E-state index in [-0.39, 0.29) is 0 Å². The number of nitrogens with zero attached hydrogens (tertiary/aromatic N) is 3. The molecule has 0 saturated carbocycles. The zero-order valence-corrected chi connectivity index (χ0v) is 6.25. The van der Waals surface area contributed by atoms with E-state index in [1.807, 2.05) is 0 Å². The molecule has 0 radical (unpaired) electrons. The molecule has 1 aromatic rings. The first kappa shape index (κ1) is 6.72. The van der Waals surface area contributed by atoms with Crippen LogP contribution in [0.4, 0.5) is 0 Å². The Kier molecular flexibility index (Phi) is 1.81. The molecule has 2 rings (SSSR count). The molecule has 0 aromatic carbocycles. The summed E-state index contributed by atoms with van der Waals surface area (Å²) < 4.78 is 0. The maximum Gasteiger partial charge on any atom is 0.191 e. The summed E-state index contributed by atoms with van der Waals surface area (Å²) in [6, 6.07) is 0.322. The number of hydrogen-bond donors (Lipinski definition) is 2. The predicted octanol–water partition coefficient (Wildman–Crippen LogP) is 0.0143. The Balaban J connectivity index is 2.04. The lowest BCUT2D eigenvalue weighted by Crippen LogP contribution is -2.27. The minimum Gasteiger partial charge on any atom is -0.307 e. The van der Waals surface area contributed by atoms with Gasteiger partial charge in [0.15, 0.2) is 5.82 Å². The van der Waals surface area contributed by atoms with Gasteiger partial charge in [-0.25, -0.2) is 0 Å². The molecular formula is C6H11N5. The first-order valence-corrected chi connectivity index (χ1v) is 3.93. The van der Waals surface area contributed by atoms with E-state index in [0.717, 1.165) is 18.8 Å². The normalized spacial score (nSPS) is 25.3. The molecule has 2 N–H and O–H groups in total. The number of H-pyrrole nitrogens is 1. The lowest BCUT2D eigenvalue weighted by Gasteiger charge is -2.19. The topological polar surface area (TPSA) is 66.5 Å². The summed E-state index contributed by atoms with van der Waals surface area (Å²) in [6.07, 6.45) is 3.64. The summed E-state index contributed by atoms with van der Waals surface area (Å²) in [5, 5.41) is 17.2. The van der Waals surface area contributed by atoms with Gasteiger partial charge in [0.1, 0.15) is 0 Å². The van der Waals surface area contributed by atoms with Crippen molar-refractivity contribution in [1.82, 2.24) is 25.9 Å². The van der Waals surface area contributed by atoms with Gasteiger partial charge >= 0.3 is 0 Å². The van der Waals surface area contributed by atoms with Crippen molar-refractivity contribution in [2.75, 3.05) is 6.54 Å². The van der Waals surface area contributed by atoms with Crippen LogP contribution >= 0.6 is 0 Å². The second-order valence-electron chi connectivity index (χ2n) is 2.77. The van der Waals surface area contributed by atoms with Crippen LogP contribution in [-0.2, 0) is 0 Å². The Hall–Kier alpha value is -0.970. The third kappa shape index (κ3) is 1.37. The van der Waals surface area contributed by atoms with Crippen LogP contribution in [0, 0.1) is 0 Å². The van der Waals surface area contributed by atoms with Crippen LogP contribution in [0.15, 0.2) is 0 Å².